The second-order valence-electron chi connectivity index (χ2n) is 6.86. The summed E-state index contributed by atoms with van der Waals surface area (Å²) in [6, 6.07) is 12.8. The highest BCUT2D eigenvalue weighted by atomic mass is 32.1. The van der Waals surface area contributed by atoms with Gasteiger partial charge in [0.05, 0.1) is 16.8 Å². The van der Waals surface area contributed by atoms with Crippen molar-refractivity contribution in [3.63, 3.8) is 0 Å². The van der Waals surface area contributed by atoms with Crippen LogP contribution < -0.4 is 10.4 Å². The number of thiazole rings is 1. The first-order chi connectivity index (χ1) is 14.0. The Morgan fingerprint density at radius 3 is 2.79 bits per heavy atom. The smallest absolute Gasteiger partial charge is 0.349 e. The van der Waals surface area contributed by atoms with Crippen LogP contribution in [0.5, 0.6) is 0 Å². The second-order valence-corrected chi connectivity index (χ2v) is 7.87. The number of carbonyl (C=O) groups is 1. The number of benzene rings is 2. The highest BCUT2D eigenvalue weighted by Gasteiger charge is 2.15. The predicted molar refractivity (Wildman–Crippen MR) is 114 cm³/mol. The monoisotopic (exact) mass is 408 g/mol. The van der Waals surface area contributed by atoms with Crippen molar-refractivity contribution in [2.24, 2.45) is 4.99 Å². The Kier molecular flexibility index (Phi) is 5.17. The summed E-state index contributed by atoms with van der Waals surface area (Å²) in [5.41, 5.74) is 2.95. The van der Waals surface area contributed by atoms with Crippen molar-refractivity contribution in [3.8, 4) is 0 Å². The third-order valence-corrected chi connectivity index (χ3v) is 5.73. The topological polar surface area (TPSA) is 73.8 Å². The fraction of sp³-hybridized carbons (Fsp3) is 0.227. The van der Waals surface area contributed by atoms with Gasteiger partial charge in [-0.05, 0) is 43.2 Å². The van der Waals surface area contributed by atoms with Crippen molar-refractivity contribution in [3.05, 3.63) is 74.4 Å². The molecule has 6 nitrogen and oxygen atoms in total. The summed E-state index contributed by atoms with van der Waals surface area (Å²) in [5.74, 6) is -0.614. The van der Waals surface area contributed by atoms with E-state index in [1.807, 2.05) is 24.5 Å². The molecule has 4 rings (SSSR count). The van der Waals surface area contributed by atoms with Gasteiger partial charge in [0.25, 0.3) is 5.91 Å². The minimum absolute atomic E-state index is 0.0765. The number of hydrogen-bond donors (Lipinski definition) is 0. The van der Waals surface area contributed by atoms with Crippen LogP contribution in [0.3, 0.4) is 0 Å². The molecular formula is C22H20N2O4S. The Balaban J connectivity index is 1.89. The highest BCUT2D eigenvalue weighted by Crippen LogP contribution is 2.23. The summed E-state index contributed by atoms with van der Waals surface area (Å²) in [6.07, 6.45) is 0. The number of aromatic nitrogens is 1. The highest BCUT2D eigenvalue weighted by molar-refractivity contribution is 7.16. The van der Waals surface area contributed by atoms with Crippen LogP contribution >= 0.6 is 11.3 Å². The van der Waals surface area contributed by atoms with Crippen molar-refractivity contribution in [2.45, 2.75) is 20.4 Å². The largest absolute Gasteiger partial charge is 0.422 e. The zero-order valence-corrected chi connectivity index (χ0v) is 17.2. The normalized spacial score (nSPS) is 12.2. The van der Waals surface area contributed by atoms with E-state index in [-0.39, 0.29) is 5.56 Å². The van der Waals surface area contributed by atoms with Gasteiger partial charge in [-0.2, -0.15) is 4.99 Å². The van der Waals surface area contributed by atoms with E-state index in [9.17, 15) is 9.59 Å². The van der Waals surface area contributed by atoms with Crippen LogP contribution in [0.25, 0.3) is 21.2 Å². The molecule has 4 aromatic rings. The number of nitrogens with zero attached hydrogens (tertiary/aromatic N) is 2. The number of rotatable bonds is 4. The molecule has 2 aromatic heterocycles. The molecule has 0 N–H and O–H groups in total. The van der Waals surface area contributed by atoms with Gasteiger partial charge in [-0.15, -0.1) is 0 Å². The second kappa shape index (κ2) is 7.77. The molecule has 0 spiro atoms. The minimum atomic E-state index is -0.686. The molecule has 0 aliphatic heterocycles. The molecule has 0 fully saturated rings. The third-order valence-electron chi connectivity index (χ3n) is 4.70. The number of aryl methyl sites for hydroxylation is 2. The average molecular weight is 408 g/mol. The fourth-order valence-electron chi connectivity index (χ4n) is 3.43. The van der Waals surface area contributed by atoms with Crippen LogP contribution in [-0.2, 0) is 11.3 Å². The fourth-order valence-corrected chi connectivity index (χ4v) is 4.66. The molecular weight excluding hydrogens is 388 g/mol. The zero-order valence-electron chi connectivity index (χ0n) is 16.4. The molecule has 2 aromatic carbocycles. The quantitative estimate of drug-likeness (QED) is 0.481. The molecule has 0 aliphatic carbocycles. The lowest BCUT2D eigenvalue weighted by atomic mass is 10.1. The van der Waals surface area contributed by atoms with E-state index in [1.165, 1.54) is 17.4 Å². The molecule has 0 saturated carbocycles. The summed E-state index contributed by atoms with van der Waals surface area (Å²) in [7, 11) is 1.63. The lowest BCUT2D eigenvalue weighted by molar-refractivity contribution is 0.0994. The van der Waals surface area contributed by atoms with E-state index in [2.05, 4.69) is 17.1 Å². The summed E-state index contributed by atoms with van der Waals surface area (Å²) >= 11 is 1.42. The van der Waals surface area contributed by atoms with Crippen LogP contribution in [0.1, 0.15) is 21.5 Å². The van der Waals surface area contributed by atoms with Crippen LogP contribution in [0.15, 0.2) is 56.7 Å². The number of carbonyl (C=O) groups excluding carboxylic acids is 1. The van der Waals surface area contributed by atoms with Gasteiger partial charge >= 0.3 is 5.63 Å². The van der Waals surface area contributed by atoms with E-state index < -0.39 is 11.5 Å². The Hall–Kier alpha value is -3.03. The number of para-hydroxylation sites is 1. The first-order valence-electron chi connectivity index (χ1n) is 9.19. The number of fused-ring (bicyclic) bond motifs is 2. The van der Waals surface area contributed by atoms with Gasteiger partial charge in [-0.3, -0.25) is 4.79 Å². The summed E-state index contributed by atoms with van der Waals surface area (Å²) in [6.45, 7) is 5.11. The average Bonchev–Trinajstić information content (AvgIpc) is 3.02. The van der Waals surface area contributed by atoms with Gasteiger partial charge in [0, 0.05) is 19.0 Å². The van der Waals surface area contributed by atoms with Crippen molar-refractivity contribution in [1.29, 1.82) is 0 Å². The van der Waals surface area contributed by atoms with Gasteiger partial charge in [-0.1, -0.05) is 35.6 Å². The van der Waals surface area contributed by atoms with Crippen LogP contribution in [0.4, 0.5) is 0 Å². The Morgan fingerprint density at radius 2 is 2.00 bits per heavy atom. The molecule has 0 unspecified atom stereocenters. The van der Waals surface area contributed by atoms with Gasteiger partial charge in [0.15, 0.2) is 4.80 Å². The molecule has 148 valence electrons. The molecule has 0 radical (unpaired) electrons. The van der Waals surface area contributed by atoms with Crippen molar-refractivity contribution in [1.82, 2.24) is 4.57 Å². The predicted octanol–water partition coefficient (Wildman–Crippen LogP) is 3.81. The molecule has 29 heavy (non-hydrogen) atoms. The van der Waals surface area contributed by atoms with Crippen molar-refractivity contribution < 1.29 is 13.9 Å². The lowest BCUT2D eigenvalue weighted by Crippen LogP contribution is -2.21. The standard InChI is InChI=1S/C22H20N2O4S/c1-13-10-14(2)19-18(11-13)29-22(24(19)8-9-27-3)23-20(25)16-12-15-6-4-5-7-17(15)28-21(16)26/h4-7,10-12H,8-9H2,1-3H3. The van der Waals surface area contributed by atoms with E-state index in [4.69, 9.17) is 9.15 Å². The van der Waals surface area contributed by atoms with Crippen LogP contribution in [0.2, 0.25) is 0 Å². The maximum atomic E-state index is 12.9. The number of methoxy groups -OCH3 is 1. The van der Waals surface area contributed by atoms with E-state index in [0.29, 0.717) is 28.9 Å². The summed E-state index contributed by atoms with van der Waals surface area (Å²) < 4.78 is 13.5. The molecule has 7 heteroatoms. The molecule has 2 heterocycles. The Morgan fingerprint density at radius 1 is 1.21 bits per heavy atom. The summed E-state index contributed by atoms with van der Waals surface area (Å²) in [4.78, 5) is 30.0. The maximum absolute atomic E-state index is 12.9. The van der Waals surface area contributed by atoms with Gasteiger partial charge in [-0.25, -0.2) is 4.79 Å². The molecule has 0 aliphatic rings. The van der Waals surface area contributed by atoms with E-state index in [0.717, 1.165) is 21.3 Å². The van der Waals surface area contributed by atoms with Crippen LogP contribution in [0, 0.1) is 13.8 Å². The van der Waals surface area contributed by atoms with Crippen molar-refractivity contribution in [2.75, 3.05) is 13.7 Å². The molecule has 1 amide bonds. The van der Waals surface area contributed by atoms with Crippen LogP contribution in [-0.4, -0.2) is 24.2 Å². The molecule has 0 bridgehead atoms. The zero-order chi connectivity index (χ0) is 20.5. The molecule has 0 saturated heterocycles. The number of ether oxygens (including phenoxy) is 1. The number of hydrogen-bond acceptors (Lipinski definition) is 5. The third kappa shape index (κ3) is 3.66. The maximum Gasteiger partial charge on any atom is 0.349 e. The van der Waals surface area contributed by atoms with Gasteiger partial charge < -0.3 is 13.7 Å². The Labute approximate surface area is 170 Å². The first-order valence-corrected chi connectivity index (χ1v) is 10.0. The Bertz CT molecular complexity index is 1360. The SMILES string of the molecule is COCCn1c(=NC(=O)c2cc3ccccc3oc2=O)sc2cc(C)cc(C)c21. The van der Waals surface area contributed by atoms with E-state index >= 15 is 0 Å². The van der Waals surface area contributed by atoms with E-state index in [1.54, 1.807) is 25.3 Å². The molecule has 0 atom stereocenters. The van der Waals surface area contributed by atoms with Gasteiger partial charge in [0.2, 0.25) is 0 Å². The first kappa shape index (κ1) is 19.3. The number of amides is 1. The summed E-state index contributed by atoms with van der Waals surface area (Å²) in [5, 5.41) is 0.681. The van der Waals surface area contributed by atoms with Crippen molar-refractivity contribution >= 4 is 38.4 Å². The lowest BCUT2D eigenvalue weighted by Gasteiger charge is -2.07. The van der Waals surface area contributed by atoms with Gasteiger partial charge in [0.1, 0.15) is 11.1 Å². The minimum Gasteiger partial charge on any atom is -0.422 e.